The molecule has 0 unspecified atom stereocenters. The van der Waals surface area contributed by atoms with Gasteiger partial charge in [0, 0.05) is 31.7 Å². The Kier molecular flexibility index (Phi) is 3.32. The van der Waals surface area contributed by atoms with Gasteiger partial charge in [0.1, 0.15) is 0 Å². The van der Waals surface area contributed by atoms with Crippen LogP contribution in [0, 0.1) is 5.41 Å². The number of rotatable bonds is 2. The summed E-state index contributed by atoms with van der Waals surface area (Å²) in [6.07, 6.45) is 2.00. The molecular weight excluding hydrogens is 226 g/mol. The predicted octanol–water partition coefficient (Wildman–Crippen LogP) is 1.94. The third-order valence-corrected chi connectivity index (χ3v) is 3.06. The van der Waals surface area contributed by atoms with E-state index in [1.165, 1.54) is 0 Å². The van der Waals surface area contributed by atoms with Crippen LogP contribution in [0.1, 0.15) is 39.3 Å². The summed E-state index contributed by atoms with van der Waals surface area (Å²) in [6.45, 7) is 10.5. The van der Waals surface area contributed by atoms with Crippen LogP contribution in [0.4, 0.5) is 5.69 Å². The van der Waals surface area contributed by atoms with E-state index in [-0.39, 0.29) is 5.41 Å². The number of aryl methyl sites for hydroxylation is 1. The zero-order chi connectivity index (χ0) is 13.3. The summed E-state index contributed by atoms with van der Waals surface area (Å²) in [4.78, 5) is 4.54. The number of nitrogens with one attached hydrogen (secondary N) is 2. The van der Waals surface area contributed by atoms with Crippen molar-refractivity contribution in [3.8, 4) is 0 Å². The highest BCUT2D eigenvalue weighted by atomic mass is 15.3. The number of aliphatic imine (C=N–C) groups is 1. The summed E-state index contributed by atoms with van der Waals surface area (Å²) < 4.78 is 1.84. The number of anilines is 1. The smallest absolute Gasteiger partial charge is 0.195 e. The molecule has 2 rings (SSSR count). The lowest BCUT2D eigenvalue weighted by Crippen LogP contribution is -2.44. The van der Waals surface area contributed by atoms with Crippen molar-refractivity contribution in [1.82, 2.24) is 15.1 Å². The first-order valence-corrected chi connectivity index (χ1v) is 6.46. The number of hydrogen-bond acceptors (Lipinski definition) is 4. The van der Waals surface area contributed by atoms with Crippen molar-refractivity contribution in [3.05, 3.63) is 11.9 Å². The van der Waals surface area contributed by atoms with Gasteiger partial charge in [-0.1, -0.05) is 27.7 Å². The van der Waals surface area contributed by atoms with E-state index in [1.807, 2.05) is 17.9 Å². The molecule has 0 aromatic carbocycles. The van der Waals surface area contributed by atoms with Crippen molar-refractivity contribution in [3.63, 3.8) is 0 Å². The van der Waals surface area contributed by atoms with E-state index in [9.17, 15) is 0 Å². The molecule has 2 N–H and O–H groups in total. The number of guanidine groups is 1. The van der Waals surface area contributed by atoms with Crippen LogP contribution in [0.2, 0.25) is 0 Å². The number of nitrogens with zero attached hydrogens (tertiary/aromatic N) is 3. The van der Waals surface area contributed by atoms with Crippen molar-refractivity contribution < 1.29 is 0 Å². The third-order valence-electron chi connectivity index (χ3n) is 3.06. The Bertz CT molecular complexity index is 456. The van der Waals surface area contributed by atoms with E-state index in [0.717, 1.165) is 30.4 Å². The van der Waals surface area contributed by atoms with Crippen LogP contribution >= 0.6 is 0 Å². The van der Waals surface area contributed by atoms with Gasteiger partial charge in [0.15, 0.2) is 5.96 Å². The summed E-state index contributed by atoms with van der Waals surface area (Å²) in [5.74, 6) is 1.25. The largest absolute Gasteiger partial charge is 0.356 e. The quantitative estimate of drug-likeness (QED) is 0.842. The molecular formula is C13H23N5. The van der Waals surface area contributed by atoms with E-state index >= 15 is 0 Å². The van der Waals surface area contributed by atoms with Gasteiger partial charge in [0.2, 0.25) is 0 Å². The Hall–Kier alpha value is -1.52. The van der Waals surface area contributed by atoms with E-state index < -0.39 is 0 Å². The topological polar surface area (TPSA) is 54.2 Å². The van der Waals surface area contributed by atoms with E-state index in [2.05, 4.69) is 48.4 Å². The first-order valence-electron chi connectivity index (χ1n) is 6.46. The third kappa shape index (κ3) is 2.83. The van der Waals surface area contributed by atoms with Crippen LogP contribution in [0.15, 0.2) is 11.2 Å². The molecule has 1 aromatic rings. The molecule has 0 atom stereocenters. The Morgan fingerprint density at radius 1 is 1.44 bits per heavy atom. The van der Waals surface area contributed by atoms with Gasteiger partial charge >= 0.3 is 0 Å². The molecule has 0 spiro atoms. The molecule has 0 saturated carbocycles. The van der Waals surface area contributed by atoms with Crippen molar-refractivity contribution in [1.29, 1.82) is 0 Å². The van der Waals surface area contributed by atoms with Crippen molar-refractivity contribution in [2.45, 2.75) is 33.6 Å². The normalized spacial score (nSPS) is 18.4. The maximum atomic E-state index is 4.54. The average molecular weight is 249 g/mol. The van der Waals surface area contributed by atoms with Crippen LogP contribution in [-0.4, -0.2) is 28.8 Å². The molecule has 0 aliphatic carbocycles. The lowest BCUT2D eigenvalue weighted by Gasteiger charge is -2.29. The molecule has 0 fully saturated rings. The Labute approximate surface area is 109 Å². The van der Waals surface area contributed by atoms with Crippen molar-refractivity contribution >= 4 is 11.6 Å². The summed E-state index contributed by atoms with van der Waals surface area (Å²) >= 11 is 0. The fourth-order valence-electron chi connectivity index (χ4n) is 1.97. The maximum absolute atomic E-state index is 4.54. The highest BCUT2D eigenvalue weighted by Crippen LogP contribution is 2.23. The Balaban J connectivity index is 2.13. The molecule has 1 aliphatic rings. The van der Waals surface area contributed by atoms with Crippen molar-refractivity contribution in [2.24, 2.45) is 17.5 Å². The minimum absolute atomic E-state index is 0.237. The van der Waals surface area contributed by atoms with Gasteiger partial charge in [-0.15, -0.1) is 0 Å². The summed E-state index contributed by atoms with van der Waals surface area (Å²) in [5, 5.41) is 11.2. The van der Waals surface area contributed by atoms with Crippen LogP contribution in [0.3, 0.4) is 0 Å². The second kappa shape index (κ2) is 4.63. The molecule has 2 heterocycles. The summed E-state index contributed by atoms with van der Waals surface area (Å²) in [5.41, 5.74) is 2.35. The summed E-state index contributed by atoms with van der Waals surface area (Å²) in [6, 6.07) is 0. The zero-order valence-electron chi connectivity index (χ0n) is 11.9. The Morgan fingerprint density at radius 2 is 2.17 bits per heavy atom. The van der Waals surface area contributed by atoms with Crippen LogP contribution in [-0.2, 0) is 7.05 Å². The first-order chi connectivity index (χ1) is 8.37. The summed E-state index contributed by atoms with van der Waals surface area (Å²) in [7, 11) is 1.94. The van der Waals surface area contributed by atoms with Gasteiger partial charge in [0.05, 0.1) is 11.4 Å². The molecule has 0 radical (unpaired) electrons. The molecule has 5 heteroatoms. The van der Waals surface area contributed by atoms with Crippen LogP contribution in [0.5, 0.6) is 0 Å². The van der Waals surface area contributed by atoms with Crippen LogP contribution < -0.4 is 10.6 Å². The molecule has 1 aliphatic heterocycles. The standard InChI is InChI=1S/C13H23N5/c1-9(2)11-10(6-18(5)17-11)16-12-14-7-13(3,4)8-15-12/h6,9H,7-8H2,1-5H3,(H2,14,15,16). The van der Waals surface area contributed by atoms with Gasteiger partial charge in [0.25, 0.3) is 0 Å². The highest BCUT2D eigenvalue weighted by molar-refractivity contribution is 5.94. The molecule has 1 aromatic heterocycles. The van der Waals surface area contributed by atoms with Crippen molar-refractivity contribution in [2.75, 3.05) is 18.4 Å². The average Bonchev–Trinajstić information content (AvgIpc) is 2.63. The molecule has 0 saturated heterocycles. The van der Waals surface area contributed by atoms with Gasteiger partial charge in [-0.05, 0) is 5.92 Å². The predicted molar refractivity (Wildman–Crippen MR) is 75.0 cm³/mol. The fraction of sp³-hybridized carbons (Fsp3) is 0.692. The molecule has 100 valence electrons. The second-order valence-corrected chi connectivity index (χ2v) is 6.06. The fourth-order valence-corrected chi connectivity index (χ4v) is 1.97. The number of hydrogen-bond donors (Lipinski definition) is 2. The SMILES string of the molecule is CC(C)c1nn(C)cc1NC1=NCC(C)(C)CN1. The van der Waals surface area contributed by atoms with Crippen LogP contribution in [0.25, 0.3) is 0 Å². The maximum Gasteiger partial charge on any atom is 0.195 e. The van der Waals surface area contributed by atoms with Gasteiger partial charge < -0.3 is 10.6 Å². The Morgan fingerprint density at radius 3 is 2.72 bits per heavy atom. The molecule has 0 amide bonds. The lowest BCUT2D eigenvalue weighted by atomic mass is 9.93. The molecule has 0 bridgehead atoms. The van der Waals surface area contributed by atoms with E-state index in [4.69, 9.17) is 0 Å². The van der Waals surface area contributed by atoms with Gasteiger partial charge in [-0.25, -0.2) is 0 Å². The minimum atomic E-state index is 0.237. The minimum Gasteiger partial charge on any atom is -0.356 e. The monoisotopic (exact) mass is 249 g/mol. The highest BCUT2D eigenvalue weighted by Gasteiger charge is 2.23. The van der Waals surface area contributed by atoms with E-state index in [0.29, 0.717) is 5.92 Å². The first kappa shape index (κ1) is 12.9. The van der Waals surface area contributed by atoms with Gasteiger partial charge in [-0.2, -0.15) is 5.10 Å². The van der Waals surface area contributed by atoms with Gasteiger partial charge in [-0.3, -0.25) is 9.67 Å². The lowest BCUT2D eigenvalue weighted by molar-refractivity contribution is 0.362. The van der Waals surface area contributed by atoms with E-state index in [1.54, 1.807) is 0 Å². The molecule has 5 nitrogen and oxygen atoms in total. The number of aromatic nitrogens is 2. The molecule has 18 heavy (non-hydrogen) atoms. The second-order valence-electron chi connectivity index (χ2n) is 6.06. The zero-order valence-corrected chi connectivity index (χ0v) is 11.9.